The van der Waals surface area contributed by atoms with Gasteiger partial charge < -0.3 is 19.4 Å². The van der Waals surface area contributed by atoms with Crippen molar-refractivity contribution in [2.24, 2.45) is 0 Å². The fourth-order valence-electron chi connectivity index (χ4n) is 3.23. The molecule has 3 aromatic rings. The number of aromatic nitrogens is 2. The number of para-hydroxylation sites is 2. The summed E-state index contributed by atoms with van der Waals surface area (Å²) in [7, 11) is 1.64. The van der Waals surface area contributed by atoms with Crippen LogP contribution in [-0.2, 0) is 4.74 Å². The molecule has 1 aromatic heterocycles. The van der Waals surface area contributed by atoms with E-state index in [-0.39, 0.29) is 0 Å². The van der Waals surface area contributed by atoms with E-state index < -0.39 is 0 Å². The SMILES string of the molecule is COc1cc(N2CCOCC2)ccc1/C=C(/C#N)c1nc2ccccc2[nH]1. The number of anilines is 1. The summed E-state index contributed by atoms with van der Waals surface area (Å²) < 4.78 is 11.0. The van der Waals surface area contributed by atoms with Crippen LogP contribution < -0.4 is 9.64 Å². The van der Waals surface area contributed by atoms with E-state index in [1.54, 1.807) is 13.2 Å². The predicted octanol–water partition coefficient (Wildman–Crippen LogP) is 3.47. The van der Waals surface area contributed by atoms with Gasteiger partial charge in [0.2, 0.25) is 0 Å². The molecule has 0 saturated carbocycles. The van der Waals surface area contributed by atoms with Crippen LogP contribution in [0.3, 0.4) is 0 Å². The number of nitrogens with one attached hydrogen (secondary N) is 1. The molecular weight excluding hydrogens is 340 g/mol. The van der Waals surface area contributed by atoms with E-state index >= 15 is 0 Å². The van der Waals surface area contributed by atoms with Gasteiger partial charge in [-0.2, -0.15) is 5.26 Å². The Morgan fingerprint density at radius 2 is 2.07 bits per heavy atom. The smallest absolute Gasteiger partial charge is 0.149 e. The van der Waals surface area contributed by atoms with Gasteiger partial charge in [-0.3, -0.25) is 0 Å². The van der Waals surface area contributed by atoms with E-state index in [1.807, 2.05) is 42.5 Å². The van der Waals surface area contributed by atoms with Gasteiger partial charge in [0.15, 0.2) is 0 Å². The van der Waals surface area contributed by atoms with Crippen LogP contribution >= 0.6 is 0 Å². The fraction of sp³-hybridized carbons (Fsp3) is 0.238. The van der Waals surface area contributed by atoms with Crippen molar-refractivity contribution in [2.45, 2.75) is 0 Å². The van der Waals surface area contributed by atoms with Gasteiger partial charge >= 0.3 is 0 Å². The van der Waals surface area contributed by atoms with Crippen LogP contribution in [0.15, 0.2) is 42.5 Å². The average Bonchev–Trinajstić information content (AvgIpc) is 3.16. The van der Waals surface area contributed by atoms with Crippen LogP contribution in [0.25, 0.3) is 22.7 Å². The summed E-state index contributed by atoms with van der Waals surface area (Å²) in [6.45, 7) is 3.19. The Morgan fingerprint density at radius 1 is 1.26 bits per heavy atom. The van der Waals surface area contributed by atoms with E-state index in [0.29, 0.717) is 11.4 Å². The number of ether oxygens (including phenoxy) is 2. The highest BCUT2D eigenvalue weighted by Crippen LogP contribution is 2.29. The van der Waals surface area contributed by atoms with E-state index in [9.17, 15) is 5.26 Å². The highest BCUT2D eigenvalue weighted by molar-refractivity contribution is 5.91. The van der Waals surface area contributed by atoms with E-state index in [1.165, 1.54) is 0 Å². The second-order valence-electron chi connectivity index (χ2n) is 6.30. The molecule has 2 aromatic carbocycles. The number of benzene rings is 2. The predicted molar refractivity (Wildman–Crippen MR) is 106 cm³/mol. The van der Waals surface area contributed by atoms with Crippen LogP contribution in [0.4, 0.5) is 5.69 Å². The quantitative estimate of drug-likeness (QED) is 0.721. The molecule has 0 aliphatic carbocycles. The average molecular weight is 360 g/mol. The first kappa shape index (κ1) is 17.1. The third-order valence-electron chi connectivity index (χ3n) is 4.66. The van der Waals surface area contributed by atoms with Gasteiger partial charge in [0.1, 0.15) is 17.6 Å². The van der Waals surface area contributed by atoms with Crippen LogP contribution in [-0.4, -0.2) is 43.4 Å². The lowest BCUT2D eigenvalue weighted by Gasteiger charge is -2.29. The minimum absolute atomic E-state index is 0.462. The van der Waals surface area contributed by atoms with Gasteiger partial charge in [-0.25, -0.2) is 4.98 Å². The number of nitriles is 1. The first-order chi connectivity index (χ1) is 13.3. The Balaban J connectivity index is 1.69. The van der Waals surface area contributed by atoms with Crippen molar-refractivity contribution in [1.82, 2.24) is 9.97 Å². The number of aromatic amines is 1. The van der Waals surface area contributed by atoms with Crippen molar-refractivity contribution >= 4 is 28.4 Å². The molecule has 0 radical (unpaired) electrons. The third kappa shape index (κ3) is 3.50. The lowest BCUT2D eigenvalue weighted by Crippen LogP contribution is -2.36. The van der Waals surface area contributed by atoms with Crippen molar-refractivity contribution < 1.29 is 9.47 Å². The molecule has 1 N–H and O–H groups in total. The summed E-state index contributed by atoms with van der Waals surface area (Å²) in [5, 5.41) is 9.65. The molecular formula is C21H20N4O2. The Morgan fingerprint density at radius 3 is 2.81 bits per heavy atom. The maximum absolute atomic E-state index is 9.65. The first-order valence-corrected chi connectivity index (χ1v) is 8.86. The number of morpholine rings is 1. The van der Waals surface area contributed by atoms with Gasteiger partial charge in [0.25, 0.3) is 0 Å². The standard InChI is InChI=1S/C21H20N4O2/c1-26-20-13-17(25-8-10-27-11-9-25)7-6-15(20)12-16(14-22)21-23-18-4-2-3-5-19(18)24-21/h2-7,12-13H,8-11H2,1H3,(H,23,24)/b16-12-. The van der Waals surface area contributed by atoms with E-state index in [4.69, 9.17) is 9.47 Å². The van der Waals surface area contributed by atoms with Gasteiger partial charge in [-0.1, -0.05) is 12.1 Å². The molecule has 0 amide bonds. The fourth-order valence-corrected chi connectivity index (χ4v) is 3.23. The largest absolute Gasteiger partial charge is 0.496 e. The van der Waals surface area contributed by atoms with Crippen LogP contribution in [0, 0.1) is 11.3 Å². The maximum atomic E-state index is 9.65. The zero-order valence-corrected chi connectivity index (χ0v) is 15.1. The van der Waals surface area contributed by atoms with Gasteiger partial charge in [0, 0.05) is 30.4 Å². The van der Waals surface area contributed by atoms with Gasteiger partial charge in [-0.15, -0.1) is 0 Å². The summed E-state index contributed by atoms with van der Waals surface area (Å²) in [5.74, 6) is 1.28. The van der Waals surface area contributed by atoms with Crippen molar-refractivity contribution in [1.29, 1.82) is 5.26 Å². The number of allylic oxidation sites excluding steroid dienone is 1. The Labute approximate surface area is 157 Å². The highest BCUT2D eigenvalue weighted by Gasteiger charge is 2.14. The van der Waals surface area contributed by atoms with Crippen molar-refractivity contribution in [3.63, 3.8) is 0 Å². The molecule has 6 nitrogen and oxygen atoms in total. The van der Waals surface area contributed by atoms with E-state index in [2.05, 4.69) is 20.9 Å². The Kier molecular flexibility index (Phi) is 4.77. The monoisotopic (exact) mass is 360 g/mol. The number of H-pyrrole nitrogens is 1. The second-order valence-corrected chi connectivity index (χ2v) is 6.30. The Hall–Kier alpha value is -3.30. The Bertz CT molecular complexity index is 993. The minimum atomic E-state index is 0.462. The molecule has 1 aliphatic heterocycles. The normalized spacial score (nSPS) is 15.0. The minimum Gasteiger partial charge on any atom is -0.496 e. The molecule has 0 unspecified atom stereocenters. The molecule has 1 aliphatic rings. The number of nitrogens with zero attached hydrogens (tertiary/aromatic N) is 3. The number of hydrogen-bond donors (Lipinski definition) is 1. The number of imidazole rings is 1. The molecule has 4 rings (SSSR count). The molecule has 27 heavy (non-hydrogen) atoms. The van der Waals surface area contributed by atoms with Gasteiger partial charge in [-0.05, 0) is 30.3 Å². The number of rotatable bonds is 4. The highest BCUT2D eigenvalue weighted by atomic mass is 16.5. The number of hydrogen-bond acceptors (Lipinski definition) is 5. The van der Waals surface area contributed by atoms with E-state index in [0.717, 1.165) is 54.3 Å². The first-order valence-electron chi connectivity index (χ1n) is 8.86. The zero-order valence-electron chi connectivity index (χ0n) is 15.1. The molecule has 2 heterocycles. The van der Waals surface area contributed by atoms with Crippen LogP contribution in [0.1, 0.15) is 11.4 Å². The van der Waals surface area contributed by atoms with Crippen LogP contribution in [0.5, 0.6) is 5.75 Å². The summed E-state index contributed by atoms with van der Waals surface area (Å²) in [4.78, 5) is 9.99. The zero-order chi connectivity index (χ0) is 18.6. The molecule has 136 valence electrons. The molecule has 1 fully saturated rings. The molecule has 0 bridgehead atoms. The topological polar surface area (TPSA) is 74.2 Å². The number of fused-ring (bicyclic) bond motifs is 1. The molecule has 1 saturated heterocycles. The summed E-state index contributed by atoms with van der Waals surface area (Å²) in [5.41, 5.74) is 4.14. The number of methoxy groups -OCH3 is 1. The maximum Gasteiger partial charge on any atom is 0.149 e. The summed E-state index contributed by atoms with van der Waals surface area (Å²) in [6.07, 6.45) is 1.81. The summed E-state index contributed by atoms with van der Waals surface area (Å²) in [6, 6.07) is 16.0. The van der Waals surface area contributed by atoms with Crippen molar-refractivity contribution in [3.05, 3.63) is 53.9 Å². The lowest BCUT2D eigenvalue weighted by atomic mass is 10.1. The van der Waals surface area contributed by atoms with Crippen molar-refractivity contribution in [3.8, 4) is 11.8 Å². The molecule has 6 heteroatoms. The second kappa shape index (κ2) is 7.52. The van der Waals surface area contributed by atoms with Crippen LogP contribution in [0.2, 0.25) is 0 Å². The third-order valence-corrected chi connectivity index (χ3v) is 4.66. The molecule has 0 spiro atoms. The van der Waals surface area contributed by atoms with Crippen molar-refractivity contribution in [2.75, 3.05) is 38.3 Å². The lowest BCUT2D eigenvalue weighted by molar-refractivity contribution is 0.122. The molecule has 0 atom stereocenters. The summed E-state index contributed by atoms with van der Waals surface area (Å²) >= 11 is 0. The van der Waals surface area contributed by atoms with Gasteiger partial charge in [0.05, 0.1) is 36.9 Å².